The lowest BCUT2D eigenvalue weighted by Gasteiger charge is -2.40. The molecule has 0 bridgehead atoms. The van der Waals surface area contributed by atoms with Gasteiger partial charge in [-0.3, -0.25) is 20.7 Å². The zero-order valence-corrected chi connectivity index (χ0v) is 20.5. The largest absolute Gasteiger partial charge is 0.480 e. The highest BCUT2D eigenvalue weighted by Crippen LogP contribution is 2.25. The average molecular weight is 501 g/mol. The van der Waals surface area contributed by atoms with Crippen LogP contribution in [0, 0.1) is 5.92 Å². The monoisotopic (exact) mass is 500 g/mol. The number of nitrogens with one attached hydrogen (secondary N) is 6. The Morgan fingerprint density at radius 3 is 2.69 bits per heavy atom. The van der Waals surface area contributed by atoms with Gasteiger partial charge >= 0.3 is 5.97 Å². The van der Waals surface area contributed by atoms with Crippen molar-refractivity contribution in [3.63, 3.8) is 0 Å². The molecular formula is C23H44N6O6. The van der Waals surface area contributed by atoms with Gasteiger partial charge in [0, 0.05) is 37.3 Å². The quantitative estimate of drug-likeness (QED) is 0.102. The number of aliphatic hydroxyl groups excluding tert-OH is 4. The summed E-state index contributed by atoms with van der Waals surface area (Å²) in [5, 5.41) is 67.6. The maximum absolute atomic E-state index is 11.6. The van der Waals surface area contributed by atoms with Gasteiger partial charge in [0.15, 0.2) is 0 Å². The Balaban J connectivity index is 1.76. The Morgan fingerprint density at radius 1 is 1.31 bits per heavy atom. The maximum Gasteiger partial charge on any atom is 0.320 e. The molecule has 0 aromatic rings. The fourth-order valence-corrected chi connectivity index (χ4v) is 4.50. The third kappa shape index (κ3) is 10.0. The number of hydrogen-bond acceptors (Lipinski definition) is 11. The molecule has 1 saturated heterocycles. The number of rotatable bonds is 16. The molecule has 8 atom stereocenters. The summed E-state index contributed by atoms with van der Waals surface area (Å²) in [6, 6.07) is -1.01. The van der Waals surface area contributed by atoms with Crippen molar-refractivity contribution in [2.45, 2.75) is 81.9 Å². The average Bonchev–Trinajstić information content (AvgIpc) is 2.84. The number of carboxylic acid groups (broad SMARTS) is 1. The minimum atomic E-state index is -1.08. The lowest BCUT2D eigenvalue weighted by atomic mass is 9.90. The van der Waals surface area contributed by atoms with E-state index in [1.54, 1.807) is 13.1 Å². The van der Waals surface area contributed by atoms with Crippen LogP contribution >= 0.6 is 0 Å². The molecule has 12 heteroatoms. The zero-order valence-electron chi connectivity index (χ0n) is 20.5. The first-order valence-electron chi connectivity index (χ1n) is 12.4. The Morgan fingerprint density at radius 2 is 2.09 bits per heavy atom. The van der Waals surface area contributed by atoms with Crippen molar-refractivity contribution < 1.29 is 30.3 Å². The van der Waals surface area contributed by atoms with E-state index in [0.717, 1.165) is 18.7 Å². The van der Waals surface area contributed by atoms with Crippen LogP contribution in [-0.4, -0.2) is 101 Å². The van der Waals surface area contributed by atoms with Crippen LogP contribution in [-0.2, 0) is 4.79 Å². The van der Waals surface area contributed by atoms with Crippen LogP contribution < -0.4 is 31.9 Å². The first-order valence-corrected chi connectivity index (χ1v) is 12.4. The molecule has 0 radical (unpaired) electrons. The van der Waals surface area contributed by atoms with Crippen molar-refractivity contribution >= 4 is 5.97 Å². The predicted molar refractivity (Wildman–Crippen MR) is 132 cm³/mol. The van der Waals surface area contributed by atoms with Gasteiger partial charge in [0.1, 0.15) is 18.5 Å². The normalized spacial score (nSPS) is 28.3. The molecule has 0 aromatic heterocycles. The number of piperazine rings is 1. The van der Waals surface area contributed by atoms with E-state index in [0.29, 0.717) is 19.4 Å². The number of aliphatic carboxylic acids is 1. The predicted octanol–water partition coefficient (Wildman–Crippen LogP) is -2.33. The molecule has 0 spiro atoms. The summed E-state index contributed by atoms with van der Waals surface area (Å²) in [7, 11) is 0. The van der Waals surface area contributed by atoms with Gasteiger partial charge in [-0.15, -0.1) is 0 Å². The summed E-state index contributed by atoms with van der Waals surface area (Å²) in [5.74, 6) is -1.19. The molecule has 0 aromatic carbocycles. The van der Waals surface area contributed by atoms with Gasteiger partial charge in [-0.05, 0) is 45.2 Å². The molecule has 2 unspecified atom stereocenters. The highest BCUT2D eigenvalue weighted by Gasteiger charge is 2.32. The van der Waals surface area contributed by atoms with E-state index in [2.05, 4.69) is 38.5 Å². The van der Waals surface area contributed by atoms with Gasteiger partial charge in [-0.1, -0.05) is 12.7 Å². The summed E-state index contributed by atoms with van der Waals surface area (Å²) >= 11 is 0. The molecule has 2 aliphatic rings. The van der Waals surface area contributed by atoms with E-state index in [-0.39, 0.29) is 50.2 Å². The van der Waals surface area contributed by atoms with E-state index in [1.807, 2.05) is 6.08 Å². The number of carbonyl (C=O) groups is 1. The smallest absolute Gasteiger partial charge is 0.320 e. The molecule has 2 rings (SSSR count). The lowest BCUT2D eigenvalue weighted by Crippen LogP contribution is -2.69. The summed E-state index contributed by atoms with van der Waals surface area (Å²) in [4.78, 5) is 11.6. The maximum atomic E-state index is 11.6. The lowest BCUT2D eigenvalue weighted by molar-refractivity contribution is -0.141. The van der Waals surface area contributed by atoms with Crippen LogP contribution in [0.4, 0.5) is 0 Å². The molecule has 202 valence electrons. The Labute approximate surface area is 207 Å². The molecule has 12 nitrogen and oxygen atoms in total. The van der Waals surface area contributed by atoms with E-state index < -0.39 is 30.6 Å². The number of hydrogen-bond donors (Lipinski definition) is 11. The third-order valence-electron chi connectivity index (χ3n) is 6.55. The minimum Gasteiger partial charge on any atom is -0.480 e. The van der Waals surface area contributed by atoms with Crippen molar-refractivity contribution in [1.82, 2.24) is 31.9 Å². The molecular weight excluding hydrogens is 456 g/mol. The van der Waals surface area contributed by atoms with Crippen LogP contribution in [0.2, 0.25) is 0 Å². The van der Waals surface area contributed by atoms with Crippen molar-refractivity contribution in [3.05, 3.63) is 24.6 Å². The fourth-order valence-electron chi connectivity index (χ4n) is 4.50. The SMILES string of the molecule is C=CNC1NCC(CNC2=CC[C@H]([C@@H](O)N[C@@H](CC[C@@H](O)NCCO)C(=O)O)CC2)N[C@@H]1[C@@H](C)O. The standard InChI is InChI=1S/C23H44N6O6/c1-3-24-21-20(14(2)31)28-17(13-27-21)12-26-16-6-4-15(5-7-16)22(33)29-18(23(34)35)8-9-19(32)25-10-11-30/h3,6,14-15,17-22,24-33H,1,4-5,7-13H2,2H3,(H,34,35)/t14-,15+,17?,18+,19-,20-,21?,22-/m1/s1. The van der Waals surface area contributed by atoms with Gasteiger partial charge in [-0.25, -0.2) is 0 Å². The molecule has 1 fully saturated rings. The van der Waals surface area contributed by atoms with Gasteiger partial charge in [0.25, 0.3) is 0 Å². The second-order valence-electron chi connectivity index (χ2n) is 9.30. The van der Waals surface area contributed by atoms with E-state index in [9.17, 15) is 25.2 Å². The molecule has 0 amide bonds. The molecule has 1 heterocycles. The number of allylic oxidation sites excluding steroid dienone is 2. The number of aliphatic hydroxyl groups is 4. The molecule has 35 heavy (non-hydrogen) atoms. The summed E-state index contributed by atoms with van der Waals surface area (Å²) in [5.41, 5.74) is 1.09. The molecule has 0 saturated carbocycles. The van der Waals surface area contributed by atoms with E-state index in [1.165, 1.54) is 0 Å². The Kier molecular flexibility index (Phi) is 12.9. The third-order valence-corrected chi connectivity index (χ3v) is 6.55. The first-order chi connectivity index (χ1) is 16.7. The highest BCUT2D eigenvalue weighted by atomic mass is 16.4. The van der Waals surface area contributed by atoms with Gasteiger partial charge < -0.3 is 41.5 Å². The summed E-state index contributed by atoms with van der Waals surface area (Å²) in [6.07, 6.45) is 3.51. The summed E-state index contributed by atoms with van der Waals surface area (Å²) in [6.45, 7) is 6.94. The molecule has 1 aliphatic carbocycles. The molecule has 11 N–H and O–H groups in total. The van der Waals surface area contributed by atoms with Crippen LogP contribution in [0.25, 0.3) is 0 Å². The summed E-state index contributed by atoms with van der Waals surface area (Å²) < 4.78 is 0. The van der Waals surface area contributed by atoms with Crippen molar-refractivity contribution in [1.29, 1.82) is 0 Å². The minimum absolute atomic E-state index is 0.0953. The Bertz CT molecular complexity index is 681. The van der Waals surface area contributed by atoms with Crippen molar-refractivity contribution in [3.8, 4) is 0 Å². The molecule has 1 aliphatic heterocycles. The zero-order chi connectivity index (χ0) is 25.8. The van der Waals surface area contributed by atoms with Gasteiger partial charge in [0.05, 0.1) is 24.9 Å². The fraction of sp³-hybridized carbons (Fsp3) is 0.783. The second-order valence-corrected chi connectivity index (χ2v) is 9.30. The highest BCUT2D eigenvalue weighted by molar-refractivity contribution is 5.73. The second kappa shape index (κ2) is 15.4. The van der Waals surface area contributed by atoms with Crippen LogP contribution in [0.15, 0.2) is 24.6 Å². The van der Waals surface area contributed by atoms with Gasteiger partial charge in [-0.2, -0.15) is 0 Å². The number of carboxylic acids is 1. The van der Waals surface area contributed by atoms with Crippen LogP contribution in [0.3, 0.4) is 0 Å². The van der Waals surface area contributed by atoms with Crippen molar-refractivity contribution in [2.75, 3.05) is 26.2 Å². The van der Waals surface area contributed by atoms with E-state index in [4.69, 9.17) is 5.11 Å². The Hall–Kier alpha value is -1.77. The van der Waals surface area contributed by atoms with Crippen LogP contribution in [0.1, 0.15) is 39.0 Å². The van der Waals surface area contributed by atoms with E-state index >= 15 is 0 Å². The van der Waals surface area contributed by atoms with Crippen LogP contribution in [0.5, 0.6) is 0 Å². The van der Waals surface area contributed by atoms with Gasteiger partial charge in [0.2, 0.25) is 0 Å². The van der Waals surface area contributed by atoms with Crippen molar-refractivity contribution in [2.24, 2.45) is 5.92 Å². The topological polar surface area (TPSA) is 190 Å². The first kappa shape index (κ1) is 29.5.